The van der Waals surface area contributed by atoms with Gasteiger partial charge in [-0.15, -0.1) is 0 Å². The zero-order valence-corrected chi connectivity index (χ0v) is 18.5. The standard InChI is InChI=1S/C23H28FN5O4/c1-33-19-7-5-16(12-26-19)18(11-20(30)31)28-22(32)23(24)13-29(14-23)10-8-17-6-4-15-3-2-9-25-21(15)27-17/h4-7,12,18H,2-3,8-11,13-14H2,1H3,(H,25,27)(H,28,32)(H,30,31). The molecule has 1 saturated heterocycles. The second-order valence-corrected chi connectivity index (χ2v) is 8.52. The number of ether oxygens (including phenoxy) is 1. The summed E-state index contributed by atoms with van der Waals surface area (Å²) < 4.78 is 20.2. The van der Waals surface area contributed by atoms with E-state index in [1.807, 2.05) is 11.0 Å². The molecule has 1 unspecified atom stereocenters. The molecule has 1 atom stereocenters. The van der Waals surface area contributed by atoms with Crippen LogP contribution in [0.3, 0.4) is 0 Å². The van der Waals surface area contributed by atoms with Crippen LogP contribution in [0, 0.1) is 0 Å². The molecule has 2 aromatic rings. The number of pyridine rings is 2. The van der Waals surface area contributed by atoms with Gasteiger partial charge in [-0.2, -0.15) is 0 Å². The predicted molar refractivity (Wildman–Crippen MR) is 119 cm³/mol. The highest BCUT2D eigenvalue weighted by molar-refractivity contribution is 5.87. The average molecular weight is 458 g/mol. The molecule has 0 aromatic carbocycles. The van der Waals surface area contributed by atoms with Crippen LogP contribution in [-0.2, 0) is 22.4 Å². The summed E-state index contributed by atoms with van der Waals surface area (Å²) in [7, 11) is 1.46. The van der Waals surface area contributed by atoms with Crippen LogP contribution in [0.2, 0.25) is 0 Å². The number of nitrogens with zero attached hydrogens (tertiary/aromatic N) is 3. The summed E-state index contributed by atoms with van der Waals surface area (Å²) >= 11 is 0. The van der Waals surface area contributed by atoms with Crippen molar-refractivity contribution in [2.75, 3.05) is 38.6 Å². The summed E-state index contributed by atoms with van der Waals surface area (Å²) in [4.78, 5) is 34.5. The van der Waals surface area contributed by atoms with Crippen LogP contribution >= 0.6 is 0 Å². The largest absolute Gasteiger partial charge is 0.481 e. The number of carboxylic acid groups (broad SMARTS) is 1. The van der Waals surface area contributed by atoms with Gasteiger partial charge in [0.1, 0.15) is 5.82 Å². The molecule has 9 nitrogen and oxygen atoms in total. The topological polar surface area (TPSA) is 117 Å². The fraction of sp³-hybridized carbons (Fsp3) is 0.478. The first-order chi connectivity index (χ1) is 15.9. The second-order valence-electron chi connectivity index (χ2n) is 8.52. The normalized spacial score (nSPS) is 17.8. The number of hydrogen-bond acceptors (Lipinski definition) is 7. The summed E-state index contributed by atoms with van der Waals surface area (Å²) in [6.45, 7) is 1.43. The molecule has 0 saturated carbocycles. The van der Waals surface area contributed by atoms with Gasteiger partial charge in [-0.1, -0.05) is 12.1 Å². The Labute approximate surface area is 191 Å². The number of amides is 1. The maximum absolute atomic E-state index is 15.2. The Kier molecular flexibility index (Phi) is 6.73. The van der Waals surface area contributed by atoms with Crippen molar-refractivity contribution < 1.29 is 23.8 Å². The van der Waals surface area contributed by atoms with Crippen molar-refractivity contribution in [2.45, 2.75) is 37.4 Å². The summed E-state index contributed by atoms with van der Waals surface area (Å²) in [5.41, 5.74) is 0.564. The number of rotatable bonds is 9. The van der Waals surface area contributed by atoms with Gasteiger partial charge in [-0.05, 0) is 30.0 Å². The van der Waals surface area contributed by atoms with Gasteiger partial charge in [0.05, 0.1) is 19.6 Å². The first kappa shape index (κ1) is 22.9. The Morgan fingerprint density at radius 1 is 1.33 bits per heavy atom. The van der Waals surface area contributed by atoms with Crippen molar-refractivity contribution >= 4 is 17.7 Å². The van der Waals surface area contributed by atoms with Crippen molar-refractivity contribution in [2.24, 2.45) is 0 Å². The van der Waals surface area contributed by atoms with Gasteiger partial charge in [0.15, 0.2) is 0 Å². The SMILES string of the molecule is COc1ccc(C(CC(=O)O)NC(=O)C2(F)CN(CCc3ccc4c(n3)NCCC4)C2)cn1. The van der Waals surface area contributed by atoms with E-state index in [1.54, 1.807) is 12.1 Å². The van der Waals surface area contributed by atoms with Gasteiger partial charge in [-0.3, -0.25) is 14.5 Å². The fourth-order valence-corrected chi connectivity index (χ4v) is 4.18. The molecule has 0 aliphatic carbocycles. The minimum absolute atomic E-state index is 0.0390. The molecular weight excluding hydrogens is 429 g/mol. The molecule has 0 radical (unpaired) electrons. The third-order valence-electron chi connectivity index (χ3n) is 6.05. The van der Waals surface area contributed by atoms with Crippen LogP contribution in [0.15, 0.2) is 30.5 Å². The maximum atomic E-state index is 15.2. The van der Waals surface area contributed by atoms with Crippen molar-refractivity contribution in [3.8, 4) is 5.88 Å². The van der Waals surface area contributed by atoms with Gasteiger partial charge >= 0.3 is 5.97 Å². The molecular formula is C23H28FN5O4. The highest BCUT2D eigenvalue weighted by Gasteiger charge is 2.50. The quantitative estimate of drug-likeness (QED) is 0.522. The van der Waals surface area contributed by atoms with E-state index < -0.39 is 23.6 Å². The third-order valence-corrected chi connectivity index (χ3v) is 6.05. The molecule has 2 aromatic heterocycles. The van der Waals surface area contributed by atoms with Gasteiger partial charge in [0.25, 0.3) is 5.91 Å². The lowest BCUT2D eigenvalue weighted by atomic mass is 9.93. The fourth-order valence-electron chi connectivity index (χ4n) is 4.18. The van der Waals surface area contributed by atoms with Crippen molar-refractivity contribution in [3.05, 3.63) is 47.3 Å². The van der Waals surface area contributed by atoms with E-state index >= 15 is 4.39 Å². The number of likely N-dealkylation sites (tertiary alicyclic amines) is 1. The Balaban J connectivity index is 1.31. The Bertz CT molecular complexity index is 1010. The maximum Gasteiger partial charge on any atom is 0.305 e. The van der Waals surface area contributed by atoms with Crippen LogP contribution in [-0.4, -0.2) is 70.8 Å². The number of alkyl halides is 1. The number of aromatic nitrogens is 2. The number of aryl methyl sites for hydroxylation is 1. The van der Waals surface area contributed by atoms with Crippen LogP contribution in [0.25, 0.3) is 0 Å². The number of carboxylic acids is 1. The molecule has 4 rings (SSSR count). The molecule has 1 amide bonds. The van der Waals surface area contributed by atoms with Crippen LogP contribution < -0.4 is 15.4 Å². The van der Waals surface area contributed by atoms with E-state index in [0.29, 0.717) is 24.4 Å². The molecule has 1 fully saturated rings. The Morgan fingerprint density at radius 2 is 2.15 bits per heavy atom. The lowest BCUT2D eigenvalue weighted by Crippen LogP contribution is -2.66. The minimum Gasteiger partial charge on any atom is -0.481 e. The summed E-state index contributed by atoms with van der Waals surface area (Å²) in [6, 6.07) is 6.38. The highest BCUT2D eigenvalue weighted by atomic mass is 19.1. The highest BCUT2D eigenvalue weighted by Crippen LogP contribution is 2.28. The molecule has 176 valence electrons. The Morgan fingerprint density at radius 3 is 2.85 bits per heavy atom. The number of halogens is 1. The van der Waals surface area contributed by atoms with Gasteiger partial charge in [0, 0.05) is 50.6 Å². The molecule has 2 aliphatic rings. The zero-order chi connectivity index (χ0) is 23.4. The number of hydrogen-bond donors (Lipinski definition) is 3. The molecule has 4 heterocycles. The number of methoxy groups -OCH3 is 1. The molecule has 10 heteroatoms. The molecule has 33 heavy (non-hydrogen) atoms. The van der Waals surface area contributed by atoms with Gasteiger partial charge in [0.2, 0.25) is 11.5 Å². The monoisotopic (exact) mass is 457 g/mol. The van der Waals surface area contributed by atoms with Gasteiger partial charge < -0.3 is 20.5 Å². The lowest BCUT2D eigenvalue weighted by molar-refractivity contribution is -0.146. The molecule has 3 N–H and O–H groups in total. The molecule has 0 spiro atoms. The average Bonchev–Trinajstić information content (AvgIpc) is 2.80. The molecule has 2 aliphatic heterocycles. The van der Waals surface area contributed by atoms with Gasteiger partial charge in [-0.25, -0.2) is 14.4 Å². The van der Waals surface area contributed by atoms with E-state index in [1.165, 1.54) is 18.9 Å². The van der Waals surface area contributed by atoms with Crippen LogP contribution in [0.5, 0.6) is 5.88 Å². The van der Waals surface area contributed by atoms with Crippen molar-refractivity contribution in [1.29, 1.82) is 0 Å². The zero-order valence-electron chi connectivity index (χ0n) is 18.5. The lowest BCUT2D eigenvalue weighted by Gasteiger charge is -2.43. The smallest absolute Gasteiger partial charge is 0.305 e. The number of nitrogens with one attached hydrogen (secondary N) is 2. The van der Waals surface area contributed by atoms with E-state index in [0.717, 1.165) is 30.9 Å². The van der Waals surface area contributed by atoms with E-state index in [2.05, 4.69) is 26.7 Å². The van der Waals surface area contributed by atoms with Crippen LogP contribution in [0.4, 0.5) is 10.2 Å². The summed E-state index contributed by atoms with van der Waals surface area (Å²) in [5, 5.41) is 15.1. The number of aliphatic carboxylic acids is 1. The third kappa shape index (κ3) is 5.39. The second kappa shape index (κ2) is 9.70. The number of fused-ring (bicyclic) bond motifs is 1. The minimum atomic E-state index is -2.05. The van der Waals surface area contributed by atoms with E-state index in [9.17, 15) is 14.7 Å². The first-order valence-corrected chi connectivity index (χ1v) is 11.0. The number of carbonyl (C=O) groups excluding carboxylic acids is 1. The first-order valence-electron chi connectivity index (χ1n) is 11.0. The van der Waals surface area contributed by atoms with E-state index in [-0.39, 0.29) is 19.5 Å². The number of carbonyl (C=O) groups is 2. The number of anilines is 1. The summed E-state index contributed by atoms with van der Waals surface area (Å²) in [6.07, 6.45) is 3.83. The molecule has 0 bridgehead atoms. The van der Waals surface area contributed by atoms with Crippen molar-refractivity contribution in [3.63, 3.8) is 0 Å². The summed E-state index contributed by atoms with van der Waals surface area (Å²) in [5.74, 6) is -0.623. The Hall–Kier alpha value is -3.27. The predicted octanol–water partition coefficient (Wildman–Crippen LogP) is 1.74. The van der Waals surface area contributed by atoms with E-state index in [4.69, 9.17) is 4.74 Å². The van der Waals surface area contributed by atoms with Crippen LogP contribution in [0.1, 0.15) is 35.7 Å². The van der Waals surface area contributed by atoms with Crippen molar-refractivity contribution in [1.82, 2.24) is 20.2 Å².